The second kappa shape index (κ2) is 3.02. The van der Waals surface area contributed by atoms with Gasteiger partial charge in [0.25, 0.3) is 0 Å². The van der Waals surface area contributed by atoms with Gasteiger partial charge in [-0.05, 0) is 25.1 Å². The summed E-state index contributed by atoms with van der Waals surface area (Å²) in [6.45, 7) is 2.01. The van der Waals surface area contributed by atoms with Crippen molar-refractivity contribution in [3.8, 4) is 0 Å². The Kier molecular flexibility index (Phi) is 1.68. The summed E-state index contributed by atoms with van der Waals surface area (Å²) in [5.41, 5.74) is 3.19. The van der Waals surface area contributed by atoms with Gasteiger partial charge in [-0.25, -0.2) is 4.99 Å². The SMILES string of the molecule is CC1=NC=CC1=C1C=c2ccccc2=N1. The highest BCUT2D eigenvalue weighted by molar-refractivity contribution is 6.04. The largest absolute Gasteiger partial charge is 0.261 e. The van der Waals surface area contributed by atoms with Gasteiger partial charge in [-0.15, -0.1) is 0 Å². The standard InChI is InChI=1S/C13H10N2/c1-9-11(6-7-14-9)13-8-10-4-2-3-5-12(10)15-13/h2-8H,1H3. The Labute approximate surface area is 87.7 Å². The van der Waals surface area contributed by atoms with Crippen molar-refractivity contribution in [3.05, 3.63) is 58.4 Å². The van der Waals surface area contributed by atoms with Crippen LogP contribution in [0.2, 0.25) is 0 Å². The van der Waals surface area contributed by atoms with E-state index in [4.69, 9.17) is 0 Å². The first-order chi connectivity index (χ1) is 7.34. The normalized spacial score (nSPS) is 22.1. The molecule has 0 N–H and O–H groups in total. The van der Waals surface area contributed by atoms with Gasteiger partial charge in [0.05, 0.1) is 11.1 Å². The molecule has 0 fully saturated rings. The molecule has 0 spiro atoms. The summed E-state index contributed by atoms with van der Waals surface area (Å²) < 4.78 is 0. The summed E-state index contributed by atoms with van der Waals surface area (Å²) in [6, 6.07) is 8.15. The molecule has 2 nitrogen and oxygen atoms in total. The molecule has 0 saturated carbocycles. The maximum Gasteiger partial charge on any atom is 0.0735 e. The van der Waals surface area contributed by atoms with Crippen molar-refractivity contribution >= 4 is 11.8 Å². The third kappa shape index (κ3) is 1.26. The van der Waals surface area contributed by atoms with Gasteiger partial charge in [0.2, 0.25) is 0 Å². The quantitative estimate of drug-likeness (QED) is 0.595. The van der Waals surface area contributed by atoms with Crippen LogP contribution in [-0.2, 0) is 0 Å². The van der Waals surface area contributed by atoms with Crippen LogP contribution in [0.15, 0.2) is 57.8 Å². The Hall–Kier alpha value is -1.96. The molecule has 1 aromatic rings. The van der Waals surface area contributed by atoms with E-state index in [2.05, 4.69) is 22.1 Å². The van der Waals surface area contributed by atoms with Gasteiger partial charge in [-0.1, -0.05) is 18.2 Å². The Bertz CT molecular complexity index is 594. The average Bonchev–Trinajstić information content (AvgIpc) is 2.82. The lowest BCUT2D eigenvalue weighted by Gasteiger charge is -1.96. The minimum absolute atomic E-state index is 1.02. The molecule has 0 aromatic heterocycles. The molecule has 2 heterocycles. The van der Waals surface area contributed by atoms with Crippen molar-refractivity contribution in [2.75, 3.05) is 0 Å². The van der Waals surface area contributed by atoms with Crippen molar-refractivity contribution in [1.29, 1.82) is 0 Å². The number of hydrogen-bond acceptors (Lipinski definition) is 2. The lowest BCUT2D eigenvalue weighted by molar-refractivity contribution is 1.31. The molecule has 2 heteroatoms. The number of allylic oxidation sites excluding steroid dienone is 3. The number of aliphatic imine (C=N–C) groups is 1. The fraction of sp³-hybridized carbons (Fsp3) is 0.0769. The monoisotopic (exact) mass is 194 g/mol. The van der Waals surface area contributed by atoms with E-state index in [1.807, 2.05) is 37.4 Å². The highest BCUT2D eigenvalue weighted by atomic mass is 14.8. The first-order valence-corrected chi connectivity index (χ1v) is 4.96. The zero-order valence-corrected chi connectivity index (χ0v) is 8.44. The second-order valence-electron chi connectivity index (χ2n) is 3.64. The maximum absolute atomic E-state index is 4.58. The minimum atomic E-state index is 1.02. The molecule has 0 amide bonds. The molecule has 15 heavy (non-hydrogen) atoms. The van der Waals surface area contributed by atoms with Gasteiger partial charge in [0.15, 0.2) is 0 Å². The second-order valence-corrected chi connectivity index (χ2v) is 3.64. The number of nitrogens with zero attached hydrogens (tertiary/aromatic N) is 2. The number of benzene rings is 1. The highest BCUT2D eigenvalue weighted by Crippen LogP contribution is 2.17. The Morgan fingerprint density at radius 3 is 2.73 bits per heavy atom. The van der Waals surface area contributed by atoms with Gasteiger partial charge in [0, 0.05) is 22.7 Å². The number of rotatable bonds is 0. The molecule has 2 aliphatic rings. The van der Waals surface area contributed by atoms with E-state index in [-0.39, 0.29) is 0 Å². The number of hydrogen-bond donors (Lipinski definition) is 0. The Morgan fingerprint density at radius 1 is 1.13 bits per heavy atom. The van der Waals surface area contributed by atoms with Crippen LogP contribution in [-0.4, -0.2) is 5.71 Å². The highest BCUT2D eigenvalue weighted by Gasteiger charge is 2.10. The minimum Gasteiger partial charge on any atom is -0.261 e. The average molecular weight is 194 g/mol. The molecule has 2 aliphatic heterocycles. The molecule has 0 bridgehead atoms. The van der Waals surface area contributed by atoms with E-state index in [9.17, 15) is 0 Å². The molecule has 0 unspecified atom stereocenters. The fourth-order valence-electron chi connectivity index (χ4n) is 1.84. The molecule has 0 aliphatic carbocycles. The van der Waals surface area contributed by atoms with Crippen LogP contribution in [0.4, 0.5) is 0 Å². The Morgan fingerprint density at radius 2 is 2.00 bits per heavy atom. The summed E-state index contributed by atoms with van der Waals surface area (Å²) in [4.78, 5) is 8.80. The summed E-state index contributed by atoms with van der Waals surface area (Å²) in [6.07, 6.45) is 5.94. The summed E-state index contributed by atoms with van der Waals surface area (Å²) in [5, 5.41) is 2.24. The van der Waals surface area contributed by atoms with Crippen LogP contribution in [0.25, 0.3) is 6.08 Å². The summed E-state index contributed by atoms with van der Waals surface area (Å²) >= 11 is 0. The van der Waals surface area contributed by atoms with Crippen molar-refractivity contribution in [3.63, 3.8) is 0 Å². The zero-order chi connectivity index (χ0) is 10.3. The van der Waals surface area contributed by atoms with Gasteiger partial charge in [0.1, 0.15) is 0 Å². The molecule has 72 valence electrons. The summed E-state index contributed by atoms with van der Waals surface area (Å²) in [7, 11) is 0. The number of fused-ring (bicyclic) bond motifs is 1. The summed E-state index contributed by atoms with van der Waals surface area (Å²) in [5.74, 6) is 0. The maximum atomic E-state index is 4.58. The molecule has 3 rings (SSSR count). The van der Waals surface area contributed by atoms with E-state index in [1.165, 1.54) is 5.22 Å². The van der Waals surface area contributed by atoms with Crippen LogP contribution in [0, 0.1) is 0 Å². The fourth-order valence-corrected chi connectivity index (χ4v) is 1.84. The van der Waals surface area contributed by atoms with Gasteiger partial charge in [-0.3, -0.25) is 4.99 Å². The van der Waals surface area contributed by atoms with Crippen molar-refractivity contribution in [2.45, 2.75) is 6.92 Å². The van der Waals surface area contributed by atoms with Gasteiger partial charge < -0.3 is 0 Å². The molecular weight excluding hydrogens is 184 g/mol. The van der Waals surface area contributed by atoms with E-state index in [0.717, 1.165) is 22.3 Å². The van der Waals surface area contributed by atoms with Crippen LogP contribution >= 0.6 is 0 Å². The Balaban J connectivity index is 2.27. The molecule has 0 saturated heterocycles. The third-order valence-corrected chi connectivity index (χ3v) is 2.65. The van der Waals surface area contributed by atoms with E-state index in [1.54, 1.807) is 0 Å². The predicted octanol–water partition coefficient (Wildman–Crippen LogP) is 1.34. The van der Waals surface area contributed by atoms with Crippen LogP contribution in [0.1, 0.15) is 6.92 Å². The smallest absolute Gasteiger partial charge is 0.0735 e. The van der Waals surface area contributed by atoms with E-state index < -0.39 is 0 Å². The van der Waals surface area contributed by atoms with Crippen molar-refractivity contribution < 1.29 is 0 Å². The van der Waals surface area contributed by atoms with E-state index in [0.29, 0.717) is 0 Å². The zero-order valence-electron chi connectivity index (χ0n) is 8.44. The van der Waals surface area contributed by atoms with Crippen LogP contribution < -0.4 is 10.6 Å². The van der Waals surface area contributed by atoms with Crippen LogP contribution in [0.3, 0.4) is 0 Å². The topological polar surface area (TPSA) is 24.7 Å². The predicted molar refractivity (Wildman–Crippen MR) is 61.0 cm³/mol. The van der Waals surface area contributed by atoms with Gasteiger partial charge >= 0.3 is 0 Å². The first kappa shape index (κ1) is 8.36. The first-order valence-electron chi connectivity index (χ1n) is 4.96. The molecule has 1 aromatic carbocycles. The lowest BCUT2D eigenvalue weighted by Crippen LogP contribution is -2.19. The molecule has 0 radical (unpaired) electrons. The third-order valence-electron chi connectivity index (χ3n) is 2.65. The van der Waals surface area contributed by atoms with Gasteiger partial charge in [-0.2, -0.15) is 0 Å². The molecular formula is C13H10N2. The molecule has 0 atom stereocenters. The lowest BCUT2D eigenvalue weighted by atomic mass is 10.1. The van der Waals surface area contributed by atoms with Crippen molar-refractivity contribution in [2.24, 2.45) is 9.98 Å². The van der Waals surface area contributed by atoms with Crippen LogP contribution in [0.5, 0.6) is 0 Å². The van der Waals surface area contributed by atoms with Crippen molar-refractivity contribution in [1.82, 2.24) is 0 Å². The van der Waals surface area contributed by atoms with E-state index >= 15 is 0 Å². The number of para-hydroxylation sites is 1.